The van der Waals surface area contributed by atoms with Crippen molar-refractivity contribution in [3.05, 3.63) is 29.8 Å². The fraction of sp³-hybridized carbons (Fsp3) is 0.533. The van der Waals surface area contributed by atoms with Crippen molar-refractivity contribution >= 4 is 21.6 Å². The molecule has 1 amide bonds. The number of amides is 1. The van der Waals surface area contributed by atoms with Gasteiger partial charge < -0.3 is 5.32 Å². The Kier molecular flexibility index (Phi) is 6.20. The Labute approximate surface area is 127 Å². The molecule has 0 saturated carbocycles. The fourth-order valence-corrected chi connectivity index (χ4v) is 2.83. The predicted octanol–water partition coefficient (Wildman–Crippen LogP) is 2.39. The maximum Gasteiger partial charge on any atom is 0.251 e. The summed E-state index contributed by atoms with van der Waals surface area (Å²) in [7, 11) is -1.83. The summed E-state index contributed by atoms with van der Waals surface area (Å²) >= 11 is 0. The van der Waals surface area contributed by atoms with Gasteiger partial charge in [-0.3, -0.25) is 9.10 Å². The molecule has 0 aromatic heterocycles. The first-order valence-electron chi connectivity index (χ1n) is 7.19. The summed E-state index contributed by atoms with van der Waals surface area (Å²) in [6.07, 6.45) is 1.91. The van der Waals surface area contributed by atoms with E-state index >= 15 is 0 Å². The summed E-state index contributed by atoms with van der Waals surface area (Å²) in [4.78, 5) is 12.1. The summed E-state index contributed by atoms with van der Waals surface area (Å²) in [5.74, 6) is -0.159. The van der Waals surface area contributed by atoms with E-state index in [1.54, 1.807) is 31.2 Å². The highest BCUT2D eigenvalue weighted by atomic mass is 32.2. The van der Waals surface area contributed by atoms with Crippen LogP contribution in [-0.2, 0) is 10.0 Å². The van der Waals surface area contributed by atoms with Gasteiger partial charge in [-0.1, -0.05) is 19.4 Å². The molecule has 1 aromatic rings. The van der Waals surface area contributed by atoms with Gasteiger partial charge in [0, 0.05) is 18.7 Å². The van der Waals surface area contributed by atoms with E-state index in [0.29, 0.717) is 11.3 Å². The van der Waals surface area contributed by atoms with E-state index in [9.17, 15) is 13.2 Å². The molecule has 0 aliphatic heterocycles. The highest BCUT2D eigenvalue weighted by Gasteiger charge is 2.17. The first-order chi connectivity index (χ1) is 9.81. The summed E-state index contributed by atoms with van der Waals surface area (Å²) in [6, 6.07) is 6.75. The Hall–Kier alpha value is -1.56. The maximum absolute atomic E-state index is 12.1. The molecule has 1 N–H and O–H groups in total. The molecule has 0 unspecified atom stereocenters. The molecule has 1 rings (SSSR count). The largest absolute Gasteiger partial charge is 0.350 e. The standard InChI is InChI=1S/C15H24N2O3S/c1-5-8-12(3)16-15(18)13-9-7-10-14(11-13)17(4)21(19,20)6-2/h7,9-12H,5-6,8H2,1-4H3,(H,16,18)/t12-/m1/s1. The lowest BCUT2D eigenvalue weighted by Crippen LogP contribution is -2.33. The van der Waals surface area contributed by atoms with Crippen LogP contribution >= 0.6 is 0 Å². The molecule has 0 aliphatic carbocycles. The second-order valence-corrected chi connectivity index (χ2v) is 7.37. The van der Waals surface area contributed by atoms with Gasteiger partial charge in [0.2, 0.25) is 10.0 Å². The Morgan fingerprint density at radius 1 is 1.33 bits per heavy atom. The van der Waals surface area contributed by atoms with E-state index in [4.69, 9.17) is 0 Å². The first kappa shape index (κ1) is 17.5. The van der Waals surface area contributed by atoms with Crippen LogP contribution in [0.25, 0.3) is 0 Å². The van der Waals surface area contributed by atoms with Crippen molar-refractivity contribution in [2.75, 3.05) is 17.1 Å². The SMILES string of the molecule is CCC[C@@H](C)NC(=O)c1cccc(N(C)S(=O)(=O)CC)c1. The molecule has 0 saturated heterocycles. The molecular formula is C15H24N2O3S. The third-order valence-corrected chi connectivity index (χ3v) is 5.13. The third kappa shape index (κ3) is 4.74. The molecule has 0 radical (unpaired) electrons. The Bertz CT molecular complexity index is 584. The van der Waals surface area contributed by atoms with Crippen molar-refractivity contribution in [2.45, 2.75) is 39.7 Å². The maximum atomic E-state index is 12.1. The molecule has 1 atom stereocenters. The van der Waals surface area contributed by atoms with Gasteiger partial charge in [0.15, 0.2) is 0 Å². The second kappa shape index (κ2) is 7.45. The molecule has 0 heterocycles. The van der Waals surface area contributed by atoms with Crippen LogP contribution < -0.4 is 9.62 Å². The van der Waals surface area contributed by atoms with Crippen molar-refractivity contribution in [1.29, 1.82) is 0 Å². The quantitative estimate of drug-likeness (QED) is 0.840. The summed E-state index contributed by atoms with van der Waals surface area (Å²) in [6.45, 7) is 5.61. The Balaban J connectivity index is 2.93. The van der Waals surface area contributed by atoms with Gasteiger partial charge in [0.25, 0.3) is 5.91 Å². The van der Waals surface area contributed by atoms with Gasteiger partial charge in [-0.2, -0.15) is 0 Å². The van der Waals surface area contributed by atoms with Crippen LogP contribution in [0.5, 0.6) is 0 Å². The summed E-state index contributed by atoms with van der Waals surface area (Å²) in [5, 5.41) is 2.91. The van der Waals surface area contributed by atoms with E-state index in [1.807, 2.05) is 6.92 Å². The molecule has 0 fully saturated rings. The molecular weight excluding hydrogens is 288 g/mol. The average Bonchev–Trinajstić information content (AvgIpc) is 2.46. The molecule has 1 aromatic carbocycles. The van der Waals surface area contributed by atoms with Gasteiger partial charge in [-0.15, -0.1) is 0 Å². The number of anilines is 1. The first-order valence-corrected chi connectivity index (χ1v) is 8.80. The lowest BCUT2D eigenvalue weighted by atomic mass is 10.1. The van der Waals surface area contributed by atoms with Crippen LogP contribution in [0.1, 0.15) is 44.0 Å². The van der Waals surface area contributed by atoms with Crippen molar-refractivity contribution < 1.29 is 13.2 Å². The van der Waals surface area contributed by atoms with Crippen molar-refractivity contribution in [1.82, 2.24) is 5.32 Å². The van der Waals surface area contributed by atoms with E-state index in [2.05, 4.69) is 12.2 Å². The van der Waals surface area contributed by atoms with Gasteiger partial charge in [-0.05, 0) is 38.5 Å². The lowest BCUT2D eigenvalue weighted by molar-refractivity contribution is 0.0938. The summed E-state index contributed by atoms with van der Waals surface area (Å²) in [5.41, 5.74) is 0.959. The number of hydrogen-bond acceptors (Lipinski definition) is 3. The van der Waals surface area contributed by atoms with E-state index in [-0.39, 0.29) is 17.7 Å². The van der Waals surface area contributed by atoms with Crippen LogP contribution in [0.2, 0.25) is 0 Å². The van der Waals surface area contributed by atoms with Gasteiger partial charge in [0.1, 0.15) is 0 Å². The number of nitrogens with zero attached hydrogens (tertiary/aromatic N) is 1. The van der Waals surface area contributed by atoms with Crippen LogP contribution in [-0.4, -0.2) is 33.2 Å². The van der Waals surface area contributed by atoms with Gasteiger partial charge in [0.05, 0.1) is 11.4 Å². The normalized spacial score (nSPS) is 12.8. The number of nitrogens with one attached hydrogen (secondary N) is 1. The van der Waals surface area contributed by atoms with Crippen molar-refractivity contribution in [3.63, 3.8) is 0 Å². The zero-order chi connectivity index (χ0) is 16.0. The highest BCUT2D eigenvalue weighted by Crippen LogP contribution is 2.18. The van der Waals surface area contributed by atoms with Gasteiger partial charge in [-0.25, -0.2) is 8.42 Å². The highest BCUT2D eigenvalue weighted by molar-refractivity contribution is 7.92. The minimum Gasteiger partial charge on any atom is -0.350 e. The summed E-state index contributed by atoms with van der Waals surface area (Å²) < 4.78 is 24.9. The lowest BCUT2D eigenvalue weighted by Gasteiger charge is -2.19. The number of carbonyl (C=O) groups is 1. The predicted molar refractivity (Wildman–Crippen MR) is 86.1 cm³/mol. The second-order valence-electron chi connectivity index (χ2n) is 5.08. The van der Waals surface area contributed by atoms with Crippen LogP contribution in [0.3, 0.4) is 0 Å². The zero-order valence-electron chi connectivity index (χ0n) is 13.1. The van der Waals surface area contributed by atoms with Crippen molar-refractivity contribution in [3.8, 4) is 0 Å². The van der Waals surface area contributed by atoms with E-state index in [1.165, 1.54) is 11.4 Å². The minimum atomic E-state index is -3.32. The number of rotatable bonds is 7. The van der Waals surface area contributed by atoms with Crippen LogP contribution in [0.4, 0.5) is 5.69 Å². The fourth-order valence-electron chi connectivity index (χ4n) is 2.01. The Morgan fingerprint density at radius 2 is 2.00 bits per heavy atom. The monoisotopic (exact) mass is 312 g/mol. The molecule has 5 nitrogen and oxygen atoms in total. The van der Waals surface area contributed by atoms with Crippen molar-refractivity contribution in [2.24, 2.45) is 0 Å². The van der Waals surface area contributed by atoms with Crippen LogP contribution in [0, 0.1) is 0 Å². The molecule has 0 bridgehead atoms. The van der Waals surface area contributed by atoms with E-state index < -0.39 is 10.0 Å². The molecule has 6 heteroatoms. The Morgan fingerprint density at radius 3 is 2.57 bits per heavy atom. The number of carbonyl (C=O) groups excluding carboxylic acids is 1. The third-order valence-electron chi connectivity index (χ3n) is 3.35. The van der Waals surface area contributed by atoms with Gasteiger partial charge >= 0.3 is 0 Å². The molecule has 0 aliphatic rings. The number of benzene rings is 1. The topological polar surface area (TPSA) is 66.5 Å². The number of sulfonamides is 1. The minimum absolute atomic E-state index is 0.0213. The van der Waals surface area contributed by atoms with E-state index in [0.717, 1.165) is 12.8 Å². The van der Waals surface area contributed by atoms with Crippen LogP contribution in [0.15, 0.2) is 24.3 Å². The smallest absolute Gasteiger partial charge is 0.251 e. The molecule has 0 spiro atoms. The molecule has 118 valence electrons. The average molecular weight is 312 g/mol. The zero-order valence-corrected chi connectivity index (χ0v) is 13.9. The number of hydrogen-bond donors (Lipinski definition) is 1. The molecule has 21 heavy (non-hydrogen) atoms.